The van der Waals surface area contributed by atoms with Gasteiger partial charge < -0.3 is 10.5 Å². The van der Waals surface area contributed by atoms with Crippen LogP contribution in [-0.2, 0) is 37.4 Å². The molecule has 5 heteroatoms. The van der Waals surface area contributed by atoms with Crippen LogP contribution in [0.1, 0.15) is 28.4 Å². The van der Waals surface area contributed by atoms with Gasteiger partial charge in [0.1, 0.15) is 0 Å². The number of nitrogen functional groups attached to an aromatic ring is 1. The van der Waals surface area contributed by atoms with Crippen LogP contribution in [0.3, 0.4) is 0 Å². The molecule has 1 heterocycles. The predicted molar refractivity (Wildman–Crippen MR) is 78.4 cm³/mol. The molecule has 0 saturated heterocycles. The summed E-state index contributed by atoms with van der Waals surface area (Å²) in [6.07, 6.45) is 0. The average molecular weight is 363 g/mol. The van der Waals surface area contributed by atoms with E-state index in [1.165, 1.54) is 11.3 Å². The van der Waals surface area contributed by atoms with Gasteiger partial charge in [0.25, 0.3) is 0 Å². The van der Waals surface area contributed by atoms with Crippen LogP contribution >= 0.6 is 11.3 Å². The number of carbonyl (C=O) groups is 1. The van der Waals surface area contributed by atoms with Gasteiger partial charge in [-0.15, -0.1) is 16.9 Å². The third-order valence-electron chi connectivity index (χ3n) is 2.88. The molecule has 20 heavy (non-hydrogen) atoms. The van der Waals surface area contributed by atoms with E-state index in [1.54, 1.807) is 6.92 Å². The van der Waals surface area contributed by atoms with Crippen molar-refractivity contribution in [1.82, 2.24) is 0 Å². The van der Waals surface area contributed by atoms with E-state index in [1.807, 2.05) is 31.4 Å². The maximum Gasteiger partial charge on any atom is 0.340 e. The van der Waals surface area contributed by atoms with Crippen LogP contribution in [0.4, 0.5) is 5.00 Å². The Labute approximate surface area is 148 Å². The third kappa shape index (κ3) is 3.49. The molecule has 1 aromatic heterocycles. The molecule has 2 aromatic rings. The van der Waals surface area contributed by atoms with Crippen LogP contribution in [0.15, 0.2) is 17.5 Å². The van der Waals surface area contributed by atoms with E-state index < -0.39 is 0 Å². The molecule has 0 spiro atoms. The summed E-state index contributed by atoms with van der Waals surface area (Å²) in [5.41, 5.74) is 10.2. The second-order valence-electron chi connectivity index (χ2n) is 4.29. The van der Waals surface area contributed by atoms with Crippen molar-refractivity contribution in [3.63, 3.8) is 0 Å². The van der Waals surface area contributed by atoms with Gasteiger partial charge in [-0.1, -0.05) is 13.8 Å². The van der Waals surface area contributed by atoms with Crippen molar-refractivity contribution in [3.8, 4) is 11.1 Å². The fraction of sp³-hybridized carbons (Fsp3) is 0.267. The molecule has 1 aromatic carbocycles. The number of benzene rings is 1. The van der Waals surface area contributed by atoms with Crippen molar-refractivity contribution in [2.45, 2.75) is 20.8 Å². The smallest absolute Gasteiger partial charge is 0.340 e. The average Bonchev–Trinajstić information content (AvgIpc) is 2.71. The zero-order valence-corrected chi connectivity index (χ0v) is 15.5. The first-order valence-electron chi connectivity index (χ1n) is 6.08. The second-order valence-corrected chi connectivity index (χ2v) is 5.20. The van der Waals surface area contributed by atoms with Gasteiger partial charge in [0, 0.05) is 32.7 Å². The normalized spacial score (nSPS) is 9.95. The van der Waals surface area contributed by atoms with Crippen LogP contribution in [-0.4, -0.2) is 12.6 Å². The van der Waals surface area contributed by atoms with Crippen molar-refractivity contribution in [3.05, 3.63) is 40.3 Å². The van der Waals surface area contributed by atoms with E-state index in [0.717, 1.165) is 22.3 Å². The fourth-order valence-electron chi connectivity index (χ4n) is 2.01. The standard InChI is InChI=1S/C15H16NO2S.Y/c1-4-18-15(17)13-12(8-19-14(13)16)11-6-5-9(2)7-10(11)3;/h5-6,8H,4,16H2,1-3H3;/q-1;. The monoisotopic (exact) mass is 363 g/mol. The van der Waals surface area contributed by atoms with Gasteiger partial charge >= 0.3 is 5.97 Å². The van der Waals surface area contributed by atoms with E-state index in [9.17, 15) is 4.79 Å². The first-order valence-corrected chi connectivity index (χ1v) is 6.96. The molecule has 3 nitrogen and oxygen atoms in total. The summed E-state index contributed by atoms with van der Waals surface area (Å²) in [6.45, 7) is 6.09. The Bertz CT molecular complexity index is 622. The molecule has 103 valence electrons. The number of nitrogens with two attached hydrogens (primary N) is 1. The van der Waals surface area contributed by atoms with Gasteiger partial charge in [-0.25, -0.2) is 4.79 Å². The maximum absolute atomic E-state index is 12.0. The first kappa shape index (κ1) is 17.3. The quantitative estimate of drug-likeness (QED) is 0.670. The van der Waals surface area contributed by atoms with Gasteiger partial charge in [-0.05, 0) is 17.9 Å². The van der Waals surface area contributed by atoms with Crippen LogP contribution in [0.25, 0.3) is 11.1 Å². The summed E-state index contributed by atoms with van der Waals surface area (Å²) < 4.78 is 5.07. The maximum atomic E-state index is 12.0. The molecule has 0 aliphatic rings. The Balaban J connectivity index is 0.00000200. The summed E-state index contributed by atoms with van der Waals surface area (Å²) in [6, 6.07) is 7.23. The summed E-state index contributed by atoms with van der Waals surface area (Å²) in [4.78, 5) is 12.0. The molecule has 0 unspecified atom stereocenters. The Kier molecular flexibility index (Phi) is 6.37. The molecule has 1 radical (unpaired) electrons. The first-order chi connectivity index (χ1) is 9.04. The fourth-order valence-corrected chi connectivity index (χ4v) is 2.82. The third-order valence-corrected chi connectivity index (χ3v) is 3.69. The van der Waals surface area contributed by atoms with Gasteiger partial charge in [-0.3, -0.25) is 0 Å². The van der Waals surface area contributed by atoms with Crippen molar-refractivity contribution in [2.24, 2.45) is 0 Å². The van der Waals surface area contributed by atoms with E-state index in [4.69, 9.17) is 10.5 Å². The SMILES string of the molecule is CCOC(=O)c1c(-c2ccc(C)[c-]c2C)csc1N.[Y]. The van der Waals surface area contributed by atoms with Crippen LogP contribution in [0, 0.1) is 19.9 Å². The summed E-state index contributed by atoms with van der Waals surface area (Å²) >= 11 is 1.36. The molecule has 0 amide bonds. The summed E-state index contributed by atoms with van der Waals surface area (Å²) in [5, 5.41) is 2.39. The predicted octanol–water partition coefficient (Wildman–Crippen LogP) is 3.59. The molecule has 0 atom stereocenters. The van der Waals surface area contributed by atoms with Crippen LogP contribution in [0.5, 0.6) is 0 Å². The van der Waals surface area contributed by atoms with Gasteiger partial charge in [0.2, 0.25) is 0 Å². The minimum Gasteiger partial charge on any atom is -0.462 e. The Morgan fingerprint density at radius 2 is 2.05 bits per heavy atom. The molecule has 2 N–H and O–H groups in total. The number of thiophene rings is 1. The van der Waals surface area contributed by atoms with Crippen molar-refractivity contribution >= 4 is 22.3 Å². The van der Waals surface area contributed by atoms with Crippen LogP contribution in [0.2, 0.25) is 0 Å². The number of hydrogen-bond donors (Lipinski definition) is 1. The number of hydrogen-bond acceptors (Lipinski definition) is 4. The molecular formula is C15H16NO2SY-. The Morgan fingerprint density at radius 3 is 2.65 bits per heavy atom. The topological polar surface area (TPSA) is 52.3 Å². The molecule has 2 rings (SSSR count). The minimum atomic E-state index is -0.365. The molecule has 0 saturated carbocycles. The number of esters is 1. The minimum absolute atomic E-state index is 0. The molecular weight excluding hydrogens is 347 g/mol. The summed E-state index contributed by atoms with van der Waals surface area (Å²) in [5.74, 6) is -0.365. The number of carbonyl (C=O) groups excluding carboxylic acids is 1. The Hall–Kier alpha value is -0.706. The van der Waals surface area contributed by atoms with Gasteiger partial charge in [-0.2, -0.15) is 29.3 Å². The number of anilines is 1. The number of ether oxygens (including phenoxy) is 1. The van der Waals surface area contributed by atoms with Crippen molar-refractivity contribution < 1.29 is 42.2 Å². The molecule has 0 aliphatic heterocycles. The zero-order valence-electron chi connectivity index (χ0n) is 11.8. The van der Waals surface area contributed by atoms with E-state index in [-0.39, 0.29) is 38.7 Å². The van der Waals surface area contributed by atoms with E-state index >= 15 is 0 Å². The van der Waals surface area contributed by atoms with Crippen LogP contribution < -0.4 is 5.73 Å². The molecule has 0 aliphatic carbocycles. The van der Waals surface area contributed by atoms with Gasteiger partial charge in [0.15, 0.2) is 0 Å². The number of rotatable bonds is 3. The zero-order chi connectivity index (χ0) is 14.0. The number of aryl methyl sites for hydroxylation is 2. The molecule has 0 fully saturated rings. The Morgan fingerprint density at radius 1 is 1.35 bits per heavy atom. The second kappa shape index (κ2) is 7.34. The van der Waals surface area contributed by atoms with Crippen molar-refractivity contribution in [1.29, 1.82) is 0 Å². The van der Waals surface area contributed by atoms with Gasteiger partial charge in [0.05, 0.1) is 17.2 Å². The van der Waals surface area contributed by atoms with E-state index in [2.05, 4.69) is 6.07 Å². The van der Waals surface area contributed by atoms with Crippen molar-refractivity contribution in [2.75, 3.05) is 12.3 Å². The molecule has 0 bridgehead atoms. The summed E-state index contributed by atoms with van der Waals surface area (Å²) in [7, 11) is 0. The largest absolute Gasteiger partial charge is 0.462 e. The van der Waals surface area contributed by atoms with E-state index in [0.29, 0.717) is 17.2 Å².